The largest absolute Gasteiger partial charge is 0.416 e. The Labute approximate surface area is 113 Å². The van der Waals surface area contributed by atoms with Gasteiger partial charge in [-0.25, -0.2) is 4.79 Å². The smallest absolute Gasteiger partial charge is 0.308 e. The molecule has 1 atom stereocenters. The van der Waals surface area contributed by atoms with Crippen LogP contribution in [0.15, 0.2) is 24.3 Å². The zero-order chi connectivity index (χ0) is 14.8. The fraction of sp³-hybridized carbons (Fsp3) is 0.385. The molecule has 1 N–H and O–H groups in total. The third-order valence-electron chi connectivity index (χ3n) is 3.10. The maximum atomic E-state index is 12.6. The molecule has 4 nitrogen and oxygen atoms in total. The molecule has 1 heterocycles. The number of amides is 2. The molecule has 2 rings (SSSR count). The van der Waals surface area contributed by atoms with Crippen molar-refractivity contribution in [1.29, 1.82) is 5.26 Å². The van der Waals surface area contributed by atoms with Gasteiger partial charge < -0.3 is 10.2 Å². The van der Waals surface area contributed by atoms with Crippen molar-refractivity contribution < 1.29 is 18.0 Å². The quantitative estimate of drug-likeness (QED) is 0.860. The van der Waals surface area contributed by atoms with E-state index in [0.29, 0.717) is 19.4 Å². The number of hydrogen-bond donors (Lipinski definition) is 1. The van der Waals surface area contributed by atoms with Crippen LogP contribution >= 0.6 is 0 Å². The van der Waals surface area contributed by atoms with Crippen LogP contribution in [0.1, 0.15) is 18.4 Å². The fourth-order valence-electron chi connectivity index (χ4n) is 2.11. The summed E-state index contributed by atoms with van der Waals surface area (Å²) in [6.07, 6.45) is -3.15. The second kappa shape index (κ2) is 5.41. The van der Waals surface area contributed by atoms with E-state index in [2.05, 4.69) is 5.32 Å². The lowest BCUT2D eigenvalue weighted by Crippen LogP contribution is -2.37. The van der Waals surface area contributed by atoms with Crippen molar-refractivity contribution in [1.82, 2.24) is 4.90 Å². The Balaban J connectivity index is 2.11. The van der Waals surface area contributed by atoms with E-state index in [-0.39, 0.29) is 5.69 Å². The van der Waals surface area contributed by atoms with Gasteiger partial charge in [0.2, 0.25) is 0 Å². The lowest BCUT2D eigenvalue weighted by atomic mass is 10.2. The number of alkyl halides is 3. The number of carbonyl (C=O) groups is 1. The lowest BCUT2D eigenvalue weighted by Gasteiger charge is -2.20. The average Bonchev–Trinajstić information content (AvgIpc) is 2.86. The molecule has 1 aromatic carbocycles. The highest BCUT2D eigenvalue weighted by Crippen LogP contribution is 2.30. The number of hydrogen-bond acceptors (Lipinski definition) is 2. The molecule has 0 bridgehead atoms. The van der Waals surface area contributed by atoms with Crippen LogP contribution in [-0.4, -0.2) is 23.5 Å². The zero-order valence-corrected chi connectivity index (χ0v) is 10.4. The van der Waals surface area contributed by atoms with Gasteiger partial charge in [-0.1, -0.05) is 6.07 Å². The molecular weight excluding hydrogens is 271 g/mol. The highest BCUT2D eigenvalue weighted by Gasteiger charge is 2.31. The summed E-state index contributed by atoms with van der Waals surface area (Å²) in [6.45, 7) is 0.434. The van der Waals surface area contributed by atoms with Gasteiger partial charge in [0.05, 0.1) is 11.6 Å². The van der Waals surface area contributed by atoms with Crippen LogP contribution in [0.2, 0.25) is 0 Å². The molecule has 106 valence electrons. The van der Waals surface area contributed by atoms with Gasteiger partial charge in [0, 0.05) is 12.2 Å². The molecule has 1 fully saturated rings. The molecule has 0 radical (unpaired) electrons. The summed E-state index contributed by atoms with van der Waals surface area (Å²) in [4.78, 5) is 13.3. The van der Waals surface area contributed by atoms with E-state index in [1.54, 1.807) is 0 Å². The van der Waals surface area contributed by atoms with Crippen LogP contribution < -0.4 is 5.32 Å². The van der Waals surface area contributed by atoms with Crippen LogP contribution in [0.3, 0.4) is 0 Å². The van der Waals surface area contributed by atoms with Crippen LogP contribution in [-0.2, 0) is 6.18 Å². The molecule has 1 aliphatic rings. The minimum Gasteiger partial charge on any atom is -0.308 e. The van der Waals surface area contributed by atoms with Crippen molar-refractivity contribution in [2.45, 2.75) is 25.1 Å². The van der Waals surface area contributed by atoms with Gasteiger partial charge in [-0.05, 0) is 31.0 Å². The molecule has 1 saturated heterocycles. The molecule has 0 aromatic heterocycles. The molecule has 0 aliphatic carbocycles. The van der Waals surface area contributed by atoms with Crippen molar-refractivity contribution in [2.24, 2.45) is 0 Å². The van der Waals surface area contributed by atoms with Crippen LogP contribution in [0.4, 0.5) is 23.7 Å². The van der Waals surface area contributed by atoms with Gasteiger partial charge in [0.25, 0.3) is 0 Å². The number of benzene rings is 1. The molecule has 1 unspecified atom stereocenters. The van der Waals surface area contributed by atoms with Crippen LogP contribution in [0, 0.1) is 11.3 Å². The number of nitrogens with one attached hydrogen (secondary N) is 1. The summed E-state index contributed by atoms with van der Waals surface area (Å²) in [5.41, 5.74) is -0.762. The van der Waals surface area contributed by atoms with E-state index in [9.17, 15) is 18.0 Å². The third-order valence-corrected chi connectivity index (χ3v) is 3.10. The molecular formula is C13H12F3N3O. The van der Waals surface area contributed by atoms with E-state index in [0.717, 1.165) is 12.1 Å². The van der Waals surface area contributed by atoms with Crippen molar-refractivity contribution in [2.75, 3.05) is 11.9 Å². The average molecular weight is 283 g/mol. The highest BCUT2D eigenvalue weighted by atomic mass is 19.4. The molecule has 1 aromatic rings. The summed E-state index contributed by atoms with van der Waals surface area (Å²) >= 11 is 0. The van der Waals surface area contributed by atoms with E-state index in [1.165, 1.54) is 17.0 Å². The Morgan fingerprint density at radius 2 is 2.20 bits per heavy atom. The number of halogens is 3. The standard InChI is InChI=1S/C13H12F3N3O/c14-13(15,16)9-3-1-4-10(7-9)18-12(20)19-6-2-5-11(19)8-17/h1,3-4,7,11H,2,5-6H2,(H,18,20). The SMILES string of the molecule is N#CC1CCCN1C(=O)Nc1cccc(C(F)(F)F)c1. The van der Waals surface area contributed by atoms with Gasteiger partial charge >= 0.3 is 12.2 Å². The monoisotopic (exact) mass is 283 g/mol. The summed E-state index contributed by atoms with van der Waals surface area (Å²) in [5, 5.41) is 11.3. The molecule has 7 heteroatoms. The second-order valence-corrected chi connectivity index (χ2v) is 4.49. The number of nitrogens with zero attached hydrogens (tertiary/aromatic N) is 2. The van der Waals surface area contributed by atoms with Gasteiger partial charge in [-0.3, -0.25) is 0 Å². The Hall–Kier alpha value is -2.23. The first-order valence-corrected chi connectivity index (χ1v) is 6.06. The number of anilines is 1. The predicted molar refractivity (Wildman–Crippen MR) is 65.8 cm³/mol. The maximum absolute atomic E-state index is 12.6. The van der Waals surface area contributed by atoms with Gasteiger partial charge in [-0.15, -0.1) is 0 Å². The molecule has 0 saturated carbocycles. The highest BCUT2D eigenvalue weighted by molar-refractivity contribution is 5.90. The van der Waals surface area contributed by atoms with E-state index < -0.39 is 23.8 Å². The summed E-state index contributed by atoms with van der Waals surface area (Å²) in [5.74, 6) is 0. The summed E-state index contributed by atoms with van der Waals surface area (Å²) < 4.78 is 37.7. The van der Waals surface area contributed by atoms with Crippen LogP contribution in [0.25, 0.3) is 0 Å². The Kier molecular flexibility index (Phi) is 3.84. The van der Waals surface area contributed by atoms with Crippen molar-refractivity contribution in [3.8, 4) is 6.07 Å². The maximum Gasteiger partial charge on any atom is 0.416 e. The Bertz CT molecular complexity index is 551. The minimum atomic E-state index is -4.45. The molecule has 2 amide bonds. The molecule has 0 spiro atoms. The number of carbonyl (C=O) groups excluding carboxylic acids is 1. The van der Waals surface area contributed by atoms with Crippen molar-refractivity contribution in [3.05, 3.63) is 29.8 Å². The number of likely N-dealkylation sites (tertiary alicyclic amines) is 1. The van der Waals surface area contributed by atoms with Crippen molar-refractivity contribution in [3.63, 3.8) is 0 Å². The van der Waals surface area contributed by atoms with Crippen molar-refractivity contribution >= 4 is 11.7 Å². The Morgan fingerprint density at radius 1 is 1.45 bits per heavy atom. The molecule has 20 heavy (non-hydrogen) atoms. The number of nitriles is 1. The van der Waals surface area contributed by atoms with E-state index in [4.69, 9.17) is 5.26 Å². The van der Waals surface area contributed by atoms with E-state index >= 15 is 0 Å². The van der Waals surface area contributed by atoms with E-state index in [1.807, 2.05) is 6.07 Å². The third kappa shape index (κ3) is 3.02. The first kappa shape index (κ1) is 14.2. The fourth-order valence-corrected chi connectivity index (χ4v) is 2.11. The number of rotatable bonds is 1. The molecule has 1 aliphatic heterocycles. The summed E-state index contributed by atoms with van der Waals surface area (Å²) in [6, 6.07) is 5.35. The predicted octanol–water partition coefficient (Wildman–Crippen LogP) is 3.23. The van der Waals surface area contributed by atoms with Gasteiger partial charge in [-0.2, -0.15) is 18.4 Å². The normalized spacial score (nSPS) is 18.7. The first-order valence-electron chi connectivity index (χ1n) is 6.06. The minimum absolute atomic E-state index is 0.0633. The second-order valence-electron chi connectivity index (χ2n) is 4.49. The number of urea groups is 1. The van der Waals surface area contributed by atoms with Gasteiger partial charge in [0.1, 0.15) is 6.04 Å². The Morgan fingerprint density at radius 3 is 2.85 bits per heavy atom. The zero-order valence-electron chi connectivity index (χ0n) is 10.4. The van der Waals surface area contributed by atoms with Gasteiger partial charge in [0.15, 0.2) is 0 Å². The lowest BCUT2D eigenvalue weighted by molar-refractivity contribution is -0.137. The summed E-state index contributed by atoms with van der Waals surface area (Å²) in [7, 11) is 0. The van der Waals surface area contributed by atoms with Crippen LogP contribution in [0.5, 0.6) is 0 Å². The topological polar surface area (TPSA) is 56.1 Å². The first-order chi connectivity index (χ1) is 9.41.